The molecule has 32 heavy (non-hydrogen) atoms. The van der Waals surface area contributed by atoms with Crippen molar-refractivity contribution in [2.45, 2.75) is 62.5 Å². The summed E-state index contributed by atoms with van der Waals surface area (Å²) in [5.41, 5.74) is 2.02. The molecule has 172 valence electrons. The predicted molar refractivity (Wildman–Crippen MR) is 116 cm³/mol. The first-order valence-electron chi connectivity index (χ1n) is 11.4. The first kappa shape index (κ1) is 21.1. The molecule has 1 N–H and O–H groups in total. The highest BCUT2D eigenvalue weighted by Crippen LogP contribution is 2.37. The number of hydrogen-bond acceptors (Lipinski definition) is 8. The maximum absolute atomic E-state index is 12.4. The average molecular weight is 443 g/mol. The van der Waals surface area contributed by atoms with Crippen LogP contribution in [0.15, 0.2) is 24.3 Å². The van der Waals surface area contributed by atoms with Crippen LogP contribution in [0.4, 0.5) is 10.5 Å². The predicted octanol–water partition coefficient (Wildman–Crippen LogP) is 2.17. The van der Waals surface area contributed by atoms with Crippen molar-refractivity contribution in [3.63, 3.8) is 0 Å². The minimum Gasteiger partial charge on any atom is -0.441 e. The van der Waals surface area contributed by atoms with Crippen LogP contribution in [0.1, 0.15) is 38.1 Å². The Morgan fingerprint density at radius 3 is 2.59 bits per heavy atom. The van der Waals surface area contributed by atoms with Crippen LogP contribution < -0.4 is 10.2 Å². The number of ether oxygens (including phenoxy) is 3. The number of benzene rings is 1. The molecule has 0 spiro atoms. The SMILES string of the molecule is CN(C)c1ccc(-c2nnnn2[C@@H]2CO[C@@H]3[C@@H]2OC[C@H]3OC(=O)NC2CCCCC2)cc1. The highest BCUT2D eigenvalue weighted by molar-refractivity contribution is 5.68. The number of hydrogen-bond donors (Lipinski definition) is 1. The third-order valence-corrected chi connectivity index (χ3v) is 6.62. The van der Waals surface area contributed by atoms with Crippen LogP contribution in [0.3, 0.4) is 0 Å². The lowest BCUT2D eigenvalue weighted by atomic mass is 9.96. The van der Waals surface area contributed by atoms with Gasteiger partial charge in [-0.2, -0.15) is 0 Å². The monoisotopic (exact) mass is 442 g/mol. The fourth-order valence-corrected chi connectivity index (χ4v) is 4.86. The number of tetrazole rings is 1. The molecule has 1 aromatic heterocycles. The second kappa shape index (κ2) is 9.03. The van der Waals surface area contributed by atoms with Gasteiger partial charge in [-0.15, -0.1) is 5.10 Å². The number of rotatable bonds is 5. The van der Waals surface area contributed by atoms with Crippen molar-refractivity contribution < 1.29 is 19.0 Å². The summed E-state index contributed by atoms with van der Waals surface area (Å²) in [6.07, 6.45) is 4.14. The molecule has 3 heterocycles. The van der Waals surface area contributed by atoms with Gasteiger partial charge in [0.25, 0.3) is 0 Å². The minimum absolute atomic E-state index is 0.187. The van der Waals surface area contributed by atoms with Gasteiger partial charge >= 0.3 is 6.09 Å². The molecule has 2 saturated heterocycles. The average Bonchev–Trinajstić information content (AvgIpc) is 3.52. The van der Waals surface area contributed by atoms with E-state index in [9.17, 15) is 4.79 Å². The van der Waals surface area contributed by atoms with Crippen molar-refractivity contribution in [1.29, 1.82) is 0 Å². The molecule has 4 atom stereocenters. The van der Waals surface area contributed by atoms with Crippen molar-refractivity contribution in [1.82, 2.24) is 25.5 Å². The van der Waals surface area contributed by atoms with E-state index in [0.717, 1.165) is 36.9 Å². The van der Waals surface area contributed by atoms with E-state index >= 15 is 0 Å². The zero-order valence-corrected chi connectivity index (χ0v) is 18.5. The summed E-state index contributed by atoms with van der Waals surface area (Å²) in [6, 6.07) is 8.08. The topological polar surface area (TPSA) is 104 Å². The third kappa shape index (κ3) is 4.16. The highest BCUT2D eigenvalue weighted by atomic mass is 16.6. The Hall–Kier alpha value is -2.72. The molecule has 1 aromatic carbocycles. The second-order valence-electron chi connectivity index (χ2n) is 8.97. The molecule has 1 aliphatic carbocycles. The summed E-state index contributed by atoms with van der Waals surface area (Å²) >= 11 is 0. The lowest BCUT2D eigenvalue weighted by Crippen LogP contribution is -2.41. The van der Waals surface area contributed by atoms with Gasteiger partial charge in [0, 0.05) is 31.4 Å². The number of alkyl carbamates (subject to hydrolysis) is 1. The Balaban J connectivity index is 1.24. The first-order valence-corrected chi connectivity index (χ1v) is 11.4. The van der Waals surface area contributed by atoms with Gasteiger partial charge in [-0.25, -0.2) is 9.48 Å². The van der Waals surface area contributed by atoms with E-state index < -0.39 is 6.10 Å². The number of carbonyl (C=O) groups excluding carboxylic acids is 1. The molecule has 1 saturated carbocycles. The molecule has 0 unspecified atom stereocenters. The highest BCUT2D eigenvalue weighted by Gasteiger charge is 2.51. The summed E-state index contributed by atoms with van der Waals surface area (Å²) in [6.45, 7) is 0.701. The Labute approximate surface area is 187 Å². The van der Waals surface area contributed by atoms with Crippen LogP contribution in [0.2, 0.25) is 0 Å². The molecule has 2 aromatic rings. The van der Waals surface area contributed by atoms with E-state index in [2.05, 4.69) is 20.8 Å². The maximum Gasteiger partial charge on any atom is 0.407 e. The lowest BCUT2D eigenvalue weighted by molar-refractivity contribution is 0.00174. The fourth-order valence-electron chi connectivity index (χ4n) is 4.86. The smallest absolute Gasteiger partial charge is 0.407 e. The van der Waals surface area contributed by atoms with Crippen LogP contribution in [0.5, 0.6) is 0 Å². The van der Waals surface area contributed by atoms with Gasteiger partial charge in [0.15, 0.2) is 11.9 Å². The summed E-state index contributed by atoms with van der Waals surface area (Å²) in [4.78, 5) is 14.4. The summed E-state index contributed by atoms with van der Waals surface area (Å²) in [7, 11) is 4.00. The molecule has 10 nitrogen and oxygen atoms in total. The molecule has 5 rings (SSSR count). The Kier molecular flexibility index (Phi) is 5.97. The van der Waals surface area contributed by atoms with Gasteiger partial charge < -0.3 is 24.4 Å². The Bertz CT molecular complexity index is 927. The van der Waals surface area contributed by atoms with Gasteiger partial charge in [0.1, 0.15) is 18.2 Å². The van der Waals surface area contributed by atoms with Crippen molar-refractivity contribution in [2.75, 3.05) is 32.2 Å². The van der Waals surface area contributed by atoms with Gasteiger partial charge in [-0.1, -0.05) is 19.3 Å². The van der Waals surface area contributed by atoms with Crippen molar-refractivity contribution in [3.05, 3.63) is 24.3 Å². The van der Waals surface area contributed by atoms with Crippen molar-refractivity contribution in [2.24, 2.45) is 0 Å². The van der Waals surface area contributed by atoms with Gasteiger partial charge in [-0.3, -0.25) is 0 Å². The molecular weight excluding hydrogens is 412 g/mol. The maximum atomic E-state index is 12.4. The van der Waals surface area contributed by atoms with Crippen molar-refractivity contribution >= 4 is 11.8 Å². The van der Waals surface area contributed by atoms with E-state index in [1.54, 1.807) is 4.68 Å². The van der Waals surface area contributed by atoms with E-state index in [1.165, 1.54) is 6.42 Å². The van der Waals surface area contributed by atoms with E-state index in [4.69, 9.17) is 14.2 Å². The van der Waals surface area contributed by atoms with Crippen LogP contribution >= 0.6 is 0 Å². The first-order chi connectivity index (χ1) is 15.6. The fraction of sp³-hybridized carbons (Fsp3) is 0.636. The number of nitrogens with one attached hydrogen (secondary N) is 1. The number of carbonyl (C=O) groups is 1. The van der Waals surface area contributed by atoms with E-state index in [1.807, 2.05) is 43.3 Å². The normalized spacial score (nSPS) is 27.8. The molecule has 0 radical (unpaired) electrons. The Morgan fingerprint density at radius 1 is 1.09 bits per heavy atom. The van der Waals surface area contributed by atoms with Crippen LogP contribution in [0, 0.1) is 0 Å². The van der Waals surface area contributed by atoms with Crippen LogP contribution in [-0.2, 0) is 14.2 Å². The van der Waals surface area contributed by atoms with Crippen LogP contribution in [0.25, 0.3) is 11.4 Å². The number of amides is 1. The molecule has 1 amide bonds. The van der Waals surface area contributed by atoms with Gasteiger partial charge in [-0.05, 0) is 47.5 Å². The number of nitrogens with zero attached hydrogens (tertiary/aromatic N) is 5. The van der Waals surface area contributed by atoms with E-state index in [0.29, 0.717) is 19.0 Å². The molecule has 0 bridgehead atoms. The van der Waals surface area contributed by atoms with Crippen LogP contribution in [-0.4, -0.2) is 78.0 Å². The number of anilines is 1. The number of aromatic nitrogens is 4. The second-order valence-corrected chi connectivity index (χ2v) is 8.97. The quantitative estimate of drug-likeness (QED) is 0.752. The number of fused-ring (bicyclic) bond motifs is 1. The summed E-state index contributed by atoms with van der Waals surface area (Å²) in [5, 5.41) is 15.3. The van der Waals surface area contributed by atoms with Gasteiger partial charge in [0.2, 0.25) is 0 Å². The summed E-state index contributed by atoms with van der Waals surface area (Å²) < 4.78 is 19.5. The lowest BCUT2D eigenvalue weighted by Gasteiger charge is -2.24. The minimum atomic E-state index is -0.437. The molecular formula is C22H30N6O4. The summed E-state index contributed by atoms with van der Waals surface area (Å²) in [5.74, 6) is 0.660. The largest absolute Gasteiger partial charge is 0.441 e. The molecule has 2 aliphatic heterocycles. The van der Waals surface area contributed by atoms with E-state index in [-0.39, 0.29) is 30.4 Å². The Morgan fingerprint density at radius 2 is 1.84 bits per heavy atom. The van der Waals surface area contributed by atoms with Crippen molar-refractivity contribution in [3.8, 4) is 11.4 Å². The third-order valence-electron chi connectivity index (χ3n) is 6.62. The molecule has 3 aliphatic rings. The molecule has 10 heteroatoms. The zero-order chi connectivity index (χ0) is 22.1. The zero-order valence-electron chi connectivity index (χ0n) is 18.5. The standard InChI is InChI=1S/C22H30N6O4/c1-27(2)16-10-8-14(9-11-16)21-24-25-26-28(21)17-12-30-20-18(13-31-19(17)20)32-22(29)23-15-6-4-3-5-7-15/h8-11,15,17-20H,3-7,12-13H2,1-2H3,(H,23,29)/t17-,18-,19-,20+/m1/s1. The molecule has 3 fully saturated rings. The van der Waals surface area contributed by atoms with Gasteiger partial charge in [0.05, 0.1) is 13.2 Å².